The molecule has 0 saturated carbocycles. The van der Waals surface area contributed by atoms with Crippen LogP contribution in [-0.4, -0.2) is 73.0 Å². The molecule has 1 unspecified atom stereocenters. The number of unbranched alkanes of at least 4 members (excludes halogenated alkanes) is 6. The Hall–Kier alpha value is -2.32. The van der Waals surface area contributed by atoms with Crippen LogP contribution in [0.1, 0.15) is 84.0 Å². The highest BCUT2D eigenvalue weighted by molar-refractivity contribution is 5.79. The maximum Gasteiger partial charge on any atom is 0.460 e. The third-order valence-corrected chi connectivity index (χ3v) is 6.94. The Morgan fingerprint density at radius 2 is 0.812 bits per heavy atom. The number of hydrogen-bond donors (Lipinski definition) is 0. The summed E-state index contributed by atoms with van der Waals surface area (Å²) in [4.78, 5) is 24.1. The standard InChI is InChI=1S/C26H32F18O4/c1-2-16(18(46)48-14-10-6-4-8-12-20(29,30)22(33,34)24(37,38)26(42,43)44)15-17(45)47-13-9-5-3-7-11-19(27,28)21(31,32)23(35,36)25(39,40)41/h16H,2-15H2,1H3. The first-order valence-electron chi connectivity index (χ1n) is 14.2. The van der Waals surface area contributed by atoms with Crippen LogP contribution in [0, 0.1) is 5.92 Å². The van der Waals surface area contributed by atoms with Gasteiger partial charge in [-0.3, -0.25) is 9.59 Å². The van der Waals surface area contributed by atoms with Gasteiger partial charge in [0.05, 0.1) is 25.6 Å². The molecule has 0 radical (unpaired) electrons. The molecule has 0 aliphatic heterocycles. The predicted octanol–water partition coefficient (Wildman–Crippen LogP) is 10.3. The van der Waals surface area contributed by atoms with E-state index in [-0.39, 0.29) is 58.2 Å². The summed E-state index contributed by atoms with van der Waals surface area (Å²) in [5.74, 6) is -41.7. The smallest absolute Gasteiger partial charge is 0.460 e. The van der Waals surface area contributed by atoms with E-state index in [9.17, 15) is 88.6 Å². The van der Waals surface area contributed by atoms with Gasteiger partial charge in [-0.2, -0.15) is 79.0 Å². The largest absolute Gasteiger partial charge is 0.466 e. The third-order valence-electron chi connectivity index (χ3n) is 6.94. The van der Waals surface area contributed by atoms with E-state index in [1.54, 1.807) is 0 Å². The fourth-order valence-electron chi connectivity index (χ4n) is 3.87. The van der Waals surface area contributed by atoms with Gasteiger partial charge in [0, 0.05) is 12.8 Å². The minimum atomic E-state index is -6.98. The normalized spacial score (nSPS) is 15.0. The molecule has 0 aromatic rings. The summed E-state index contributed by atoms with van der Waals surface area (Å²) in [6.07, 6.45) is -21.1. The lowest BCUT2D eigenvalue weighted by Crippen LogP contribution is -2.60. The SMILES string of the molecule is CCC(CC(=O)OCCCCCCC(F)(F)C(F)(F)C(F)(F)C(F)(F)F)C(=O)OCCCCCCC(F)(F)C(F)(F)C(F)(F)C(F)(F)F. The summed E-state index contributed by atoms with van der Waals surface area (Å²) < 4.78 is 241. The molecule has 22 heteroatoms. The van der Waals surface area contributed by atoms with Gasteiger partial charge < -0.3 is 9.47 Å². The van der Waals surface area contributed by atoms with E-state index >= 15 is 0 Å². The zero-order valence-electron chi connectivity index (χ0n) is 24.9. The molecule has 0 aliphatic carbocycles. The van der Waals surface area contributed by atoms with Crippen molar-refractivity contribution in [2.45, 2.75) is 132 Å². The summed E-state index contributed by atoms with van der Waals surface area (Å²) in [5.41, 5.74) is 0. The topological polar surface area (TPSA) is 52.6 Å². The van der Waals surface area contributed by atoms with E-state index in [4.69, 9.17) is 9.47 Å². The Kier molecular flexibility index (Phi) is 16.2. The lowest BCUT2D eigenvalue weighted by atomic mass is 9.98. The van der Waals surface area contributed by atoms with Crippen LogP contribution in [0.25, 0.3) is 0 Å². The van der Waals surface area contributed by atoms with Gasteiger partial charge in [0.15, 0.2) is 0 Å². The number of ether oxygens (including phenoxy) is 2. The number of carbonyl (C=O) groups excluding carboxylic acids is 2. The lowest BCUT2D eigenvalue weighted by Gasteiger charge is -2.33. The molecule has 0 amide bonds. The van der Waals surface area contributed by atoms with Crippen LogP contribution in [-0.2, 0) is 19.1 Å². The van der Waals surface area contributed by atoms with E-state index in [0.717, 1.165) is 0 Å². The number of rotatable bonds is 22. The lowest BCUT2D eigenvalue weighted by molar-refractivity contribution is -0.396. The van der Waals surface area contributed by atoms with Crippen molar-refractivity contribution < 1.29 is 98.1 Å². The fraction of sp³-hybridized carbons (Fsp3) is 0.923. The Labute approximate surface area is 261 Å². The van der Waals surface area contributed by atoms with Crippen LogP contribution >= 0.6 is 0 Å². The zero-order valence-corrected chi connectivity index (χ0v) is 24.9. The van der Waals surface area contributed by atoms with Crippen molar-refractivity contribution in [2.75, 3.05) is 13.2 Å². The first kappa shape index (κ1) is 45.7. The molecular weight excluding hydrogens is 718 g/mol. The van der Waals surface area contributed by atoms with Gasteiger partial charge in [0.1, 0.15) is 0 Å². The molecule has 0 N–H and O–H groups in total. The van der Waals surface area contributed by atoms with E-state index < -0.39 is 97.8 Å². The third kappa shape index (κ3) is 11.4. The number of carbonyl (C=O) groups is 2. The quantitative estimate of drug-likeness (QED) is 0.0628. The van der Waals surface area contributed by atoms with Crippen LogP contribution in [0.2, 0.25) is 0 Å². The average molecular weight is 751 g/mol. The molecule has 0 aromatic heterocycles. The van der Waals surface area contributed by atoms with E-state index in [1.165, 1.54) is 6.92 Å². The number of halogens is 18. The summed E-state index contributed by atoms with van der Waals surface area (Å²) in [5, 5.41) is 0. The van der Waals surface area contributed by atoms with E-state index in [1.807, 2.05) is 0 Å². The van der Waals surface area contributed by atoms with Crippen molar-refractivity contribution in [2.24, 2.45) is 5.92 Å². The van der Waals surface area contributed by atoms with Gasteiger partial charge in [-0.1, -0.05) is 32.6 Å². The molecule has 286 valence electrons. The molecule has 1 atom stereocenters. The van der Waals surface area contributed by atoms with E-state index in [2.05, 4.69) is 0 Å². The van der Waals surface area contributed by atoms with Crippen molar-refractivity contribution in [3.05, 3.63) is 0 Å². The second kappa shape index (κ2) is 17.1. The Morgan fingerprint density at radius 3 is 1.15 bits per heavy atom. The van der Waals surface area contributed by atoms with Gasteiger partial charge in [-0.05, 0) is 32.1 Å². The van der Waals surface area contributed by atoms with Gasteiger partial charge in [0.25, 0.3) is 0 Å². The summed E-state index contributed by atoms with van der Waals surface area (Å²) >= 11 is 0. The Balaban J connectivity index is 4.40. The van der Waals surface area contributed by atoms with Crippen molar-refractivity contribution in [1.82, 2.24) is 0 Å². The first-order chi connectivity index (χ1) is 21.4. The first-order valence-corrected chi connectivity index (χ1v) is 14.2. The number of hydrogen-bond acceptors (Lipinski definition) is 4. The van der Waals surface area contributed by atoms with Crippen LogP contribution in [0.4, 0.5) is 79.0 Å². The van der Waals surface area contributed by atoms with Crippen LogP contribution in [0.3, 0.4) is 0 Å². The molecule has 0 saturated heterocycles. The molecule has 48 heavy (non-hydrogen) atoms. The van der Waals surface area contributed by atoms with Gasteiger partial charge in [0.2, 0.25) is 0 Å². The molecule has 0 spiro atoms. The molecule has 0 bridgehead atoms. The highest BCUT2D eigenvalue weighted by atomic mass is 19.4. The molecule has 0 fully saturated rings. The summed E-state index contributed by atoms with van der Waals surface area (Å²) in [6, 6.07) is 0. The highest BCUT2D eigenvalue weighted by Gasteiger charge is 2.82. The summed E-state index contributed by atoms with van der Waals surface area (Å²) in [6.45, 7) is 0.713. The monoisotopic (exact) mass is 750 g/mol. The van der Waals surface area contributed by atoms with Crippen LogP contribution in [0.5, 0.6) is 0 Å². The minimum absolute atomic E-state index is 0.0337. The maximum absolute atomic E-state index is 13.5. The maximum atomic E-state index is 13.5. The van der Waals surface area contributed by atoms with Crippen molar-refractivity contribution in [3.8, 4) is 0 Å². The van der Waals surface area contributed by atoms with Gasteiger partial charge in [-0.25, -0.2) is 0 Å². The molecule has 0 aliphatic rings. The van der Waals surface area contributed by atoms with Crippen molar-refractivity contribution in [3.63, 3.8) is 0 Å². The average Bonchev–Trinajstić information content (AvgIpc) is 2.92. The van der Waals surface area contributed by atoms with Gasteiger partial charge >= 0.3 is 59.8 Å². The van der Waals surface area contributed by atoms with Gasteiger partial charge in [-0.15, -0.1) is 0 Å². The van der Waals surface area contributed by atoms with Crippen molar-refractivity contribution >= 4 is 11.9 Å². The summed E-state index contributed by atoms with van der Waals surface area (Å²) in [7, 11) is 0. The molecule has 0 heterocycles. The fourth-order valence-corrected chi connectivity index (χ4v) is 3.87. The Bertz CT molecular complexity index is 1010. The molecule has 4 nitrogen and oxygen atoms in total. The molecular formula is C26H32F18O4. The minimum Gasteiger partial charge on any atom is -0.466 e. The predicted molar refractivity (Wildman–Crippen MR) is 128 cm³/mol. The molecule has 0 aromatic carbocycles. The second-order valence-electron chi connectivity index (χ2n) is 10.7. The van der Waals surface area contributed by atoms with Crippen LogP contribution < -0.4 is 0 Å². The zero-order chi connectivity index (χ0) is 38.0. The Morgan fingerprint density at radius 1 is 0.479 bits per heavy atom. The number of alkyl halides is 18. The van der Waals surface area contributed by atoms with Crippen molar-refractivity contribution in [1.29, 1.82) is 0 Å². The van der Waals surface area contributed by atoms with Crippen LogP contribution in [0.15, 0.2) is 0 Å². The van der Waals surface area contributed by atoms with E-state index in [0.29, 0.717) is 0 Å². The second-order valence-corrected chi connectivity index (χ2v) is 10.7. The highest BCUT2D eigenvalue weighted by Crippen LogP contribution is 2.55. The molecule has 0 rings (SSSR count). The number of esters is 2.